The molecule has 0 radical (unpaired) electrons. The van der Waals surface area contributed by atoms with Gasteiger partial charge in [-0.25, -0.2) is 4.99 Å². The van der Waals surface area contributed by atoms with Crippen molar-refractivity contribution in [1.29, 1.82) is 0 Å². The Hall–Kier alpha value is -2.62. The number of H-pyrrole nitrogens is 1. The van der Waals surface area contributed by atoms with Crippen molar-refractivity contribution >= 4 is 17.6 Å². The SMILES string of the molecule is O=C1N=c2ccccc2=C1c1c(O)[nH]c2c1CCC=C2. The summed E-state index contributed by atoms with van der Waals surface area (Å²) in [5.74, 6) is -0.227. The number of carbonyl (C=O) groups is 1. The van der Waals surface area contributed by atoms with Crippen LogP contribution in [0.25, 0.3) is 11.6 Å². The van der Waals surface area contributed by atoms with Crippen molar-refractivity contribution in [3.8, 4) is 5.88 Å². The molecule has 98 valence electrons. The molecule has 1 aliphatic carbocycles. The zero-order valence-corrected chi connectivity index (χ0v) is 10.7. The zero-order valence-electron chi connectivity index (χ0n) is 10.7. The molecule has 1 aromatic heterocycles. The minimum atomic E-state index is -0.280. The third-order valence-electron chi connectivity index (χ3n) is 3.82. The number of rotatable bonds is 1. The summed E-state index contributed by atoms with van der Waals surface area (Å²) < 4.78 is 0. The number of hydrogen-bond donors (Lipinski definition) is 2. The fraction of sp³-hybridized carbons (Fsp3) is 0.125. The van der Waals surface area contributed by atoms with Gasteiger partial charge in [-0.05, 0) is 30.5 Å². The number of amides is 1. The molecule has 1 aliphatic heterocycles. The van der Waals surface area contributed by atoms with Crippen LogP contribution < -0.4 is 10.6 Å². The van der Waals surface area contributed by atoms with E-state index in [-0.39, 0.29) is 11.8 Å². The molecule has 0 spiro atoms. The Bertz CT molecular complexity index is 888. The number of allylic oxidation sites excluding steroid dienone is 1. The first-order valence-corrected chi connectivity index (χ1v) is 6.59. The normalized spacial score (nSPS) is 16.0. The second-order valence-electron chi connectivity index (χ2n) is 4.99. The molecule has 20 heavy (non-hydrogen) atoms. The van der Waals surface area contributed by atoms with Crippen molar-refractivity contribution < 1.29 is 9.90 Å². The highest BCUT2D eigenvalue weighted by atomic mass is 16.3. The Morgan fingerprint density at radius 1 is 1.25 bits per heavy atom. The lowest BCUT2D eigenvalue weighted by atomic mass is 9.94. The number of carbonyl (C=O) groups excluding carboxylic acids is 1. The highest BCUT2D eigenvalue weighted by molar-refractivity contribution is 6.22. The summed E-state index contributed by atoms with van der Waals surface area (Å²) >= 11 is 0. The smallest absolute Gasteiger partial charge is 0.279 e. The molecule has 4 nitrogen and oxygen atoms in total. The predicted octanol–water partition coefficient (Wildman–Crippen LogP) is 1.04. The Morgan fingerprint density at radius 2 is 2.10 bits per heavy atom. The van der Waals surface area contributed by atoms with Crippen molar-refractivity contribution in [3.63, 3.8) is 0 Å². The van der Waals surface area contributed by atoms with Crippen molar-refractivity contribution in [2.45, 2.75) is 12.8 Å². The summed E-state index contributed by atoms with van der Waals surface area (Å²) in [6.07, 6.45) is 5.74. The topological polar surface area (TPSA) is 65.4 Å². The number of fused-ring (bicyclic) bond motifs is 2. The number of para-hydroxylation sites is 1. The molecular weight excluding hydrogens is 252 g/mol. The van der Waals surface area contributed by atoms with Crippen molar-refractivity contribution in [1.82, 2.24) is 4.98 Å². The van der Waals surface area contributed by atoms with Crippen LogP contribution in [-0.2, 0) is 11.2 Å². The number of benzene rings is 1. The summed E-state index contributed by atoms with van der Waals surface area (Å²) in [7, 11) is 0. The first-order valence-electron chi connectivity index (χ1n) is 6.59. The van der Waals surface area contributed by atoms with Crippen molar-refractivity contribution in [2.75, 3.05) is 0 Å². The molecule has 4 heteroatoms. The lowest BCUT2D eigenvalue weighted by molar-refractivity contribution is -0.112. The van der Waals surface area contributed by atoms with Gasteiger partial charge in [0.15, 0.2) is 5.88 Å². The van der Waals surface area contributed by atoms with E-state index in [4.69, 9.17) is 0 Å². The van der Waals surface area contributed by atoms with Gasteiger partial charge in [0.1, 0.15) is 0 Å². The number of aromatic hydroxyl groups is 1. The molecule has 4 rings (SSSR count). The molecule has 0 saturated carbocycles. The molecule has 1 aromatic carbocycles. The van der Waals surface area contributed by atoms with Crippen LogP contribution >= 0.6 is 0 Å². The van der Waals surface area contributed by atoms with E-state index in [2.05, 4.69) is 16.1 Å². The number of hydrogen-bond acceptors (Lipinski definition) is 2. The largest absolute Gasteiger partial charge is 0.494 e. The lowest BCUT2D eigenvalue weighted by Gasteiger charge is -2.07. The maximum atomic E-state index is 12.2. The average Bonchev–Trinajstić information content (AvgIpc) is 2.94. The molecule has 2 N–H and O–H groups in total. The van der Waals surface area contributed by atoms with Gasteiger partial charge in [-0.2, -0.15) is 0 Å². The molecule has 0 atom stereocenters. The third-order valence-corrected chi connectivity index (χ3v) is 3.82. The van der Waals surface area contributed by atoms with Crippen LogP contribution in [0.3, 0.4) is 0 Å². The first-order chi connectivity index (χ1) is 9.75. The van der Waals surface area contributed by atoms with E-state index in [1.165, 1.54) is 0 Å². The second kappa shape index (κ2) is 3.93. The summed E-state index contributed by atoms with van der Waals surface area (Å²) in [5.41, 5.74) is 3.00. The van der Waals surface area contributed by atoms with E-state index in [9.17, 15) is 9.90 Å². The molecule has 0 saturated heterocycles. The van der Waals surface area contributed by atoms with Crippen LogP contribution in [0.5, 0.6) is 5.88 Å². The zero-order chi connectivity index (χ0) is 13.7. The van der Waals surface area contributed by atoms with Gasteiger partial charge in [0.05, 0.1) is 16.5 Å². The third kappa shape index (κ3) is 1.42. The maximum absolute atomic E-state index is 12.2. The standard InChI is InChI=1S/C16H12N2O2/c19-15-13(9-5-1-3-7-11(9)17-15)14-10-6-2-4-8-12(10)18-16(14)20/h1,3-5,7-8,18,20H,2,6H2. The number of aromatic amines is 1. The van der Waals surface area contributed by atoms with E-state index >= 15 is 0 Å². The maximum Gasteiger partial charge on any atom is 0.279 e. The van der Waals surface area contributed by atoms with Crippen LogP contribution in [0.1, 0.15) is 23.2 Å². The summed E-state index contributed by atoms with van der Waals surface area (Å²) in [6.45, 7) is 0. The Labute approximate surface area is 114 Å². The summed E-state index contributed by atoms with van der Waals surface area (Å²) in [6, 6.07) is 7.42. The van der Waals surface area contributed by atoms with E-state index in [1.54, 1.807) is 0 Å². The summed E-state index contributed by atoms with van der Waals surface area (Å²) in [4.78, 5) is 19.2. The lowest BCUT2D eigenvalue weighted by Crippen LogP contribution is -2.22. The number of aromatic nitrogens is 1. The van der Waals surface area contributed by atoms with E-state index in [1.807, 2.05) is 30.3 Å². The van der Waals surface area contributed by atoms with Gasteiger partial charge in [-0.15, -0.1) is 0 Å². The molecule has 0 bridgehead atoms. The Balaban J connectivity index is 2.10. The quantitative estimate of drug-likeness (QED) is 0.808. The van der Waals surface area contributed by atoms with Crippen LogP contribution in [0.4, 0.5) is 0 Å². The van der Waals surface area contributed by atoms with Crippen LogP contribution in [0.15, 0.2) is 35.3 Å². The van der Waals surface area contributed by atoms with Gasteiger partial charge in [-0.1, -0.05) is 24.3 Å². The van der Waals surface area contributed by atoms with Gasteiger partial charge in [0, 0.05) is 10.9 Å². The number of nitrogens with one attached hydrogen (secondary N) is 1. The average molecular weight is 264 g/mol. The van der Waals surface area contributed by atoms with Gasteiger partial charge >= 0.3 is 0 Å². The second-order valence-corrected chi connectivity index (χ2v) is 4.99. The molecule has 0 unspecified atom stereocenters. The molecule has 0 fully saturated rings. The Kier molecular flexibility index (Phi) is 2.21. The van der Waals surface area contributed by atoms with Gasteiger partial charge in [0.25, 0.3) is 5.91 Å². The Morgan fingerprint density at radius 3 is 3.00 bits per heavy atom. The molecule has 2 aliphatic rings. The van der Waals surface area contributed by atoms with E-state index in [0.29, 0.717) is 16.5 Å². The molecular formula is C16H12N2O2. The monoisotopic (exact) mass is 264 g/mol. The van der Waals surface area contributed by atoms with Gasteiger partial charge in [-0.3, -0.25) is 4.79 Å². The predicted molar refractivity (Wildman–Crippen MR) is 74.6 cm³/mol. The minimum Gasteiger partial charge on any atom is -0.494 e. The number of nitrogens with zero attached hydrogens (tertiary/aromatic N) is 1. The van der Waals surface area contributed by atoms with E-state index < -0.39 is 0 Å². The van der Waals surface area contributed by atoms with Crippen molar-refractivity contribution in [2.24, 2.45) is 4.99 Å². The fourth-order valence-electron chi connectivity index (χ4n) is 2.95. The summed E-state index contributed by atoms with van der Waals surface area (Å²) in [5, 5.41) is 11.7. The molecule has 2 aromatic rings. The van der Waals surface area contributed by atoms with Crippen LogP contribution in [0.2, 0.25) is 0 Å². The molecule has 2 heterocycles. The highest BCUT2D eigenvalue weighted by Gasteiger charge is 2.27. The highest BCUT2D eigenvalue weighted by Crippen LogP contribution is 2.34. The fourth-order valence-corrected chi connectivity index (χ4v) is 2.95. The van der Waals surface area contributed by atoms with Crippen LogP contribution in [-0.4, -0.2) is 16.0 Å². The first kappa shape index (κ1) is 11.2. The van der Waals surface area contributed by atoms with Crippen LogP contribution in [0, 0.1) is 0 Å². The minimum absolute atomic E-state index is 0.0526. The van der Waals surface area contributed by atoms with Gasteiger partial charge in [0.2, 0.25) is 0 Å². The van der Waals surface area contributed by atoms with Crippen molar-refractivity contribution in [3.05, 3.63) is 57.7 Å². The van der Waals surface area contributed by atoms with E-state index in [0.717, 1.165) is 29.3 Å². The van der Waals surface area contributed by atoms with Gasteiger partial charge < -0.3 is 10.1 Å². The molecule has 1 amide bonds.